The van der Waals surface area contributed by atoms with E-state index >= 15 is 0 Å². The first-order chi connectivity index (χ1) is 13.5. The Morgan fingerprint density at radius 2 is 1.93 bits per heavy atom. The van der Waals surface area contributed by atoms with Gasteiger partial charge in [-0.2, -0.15) is 0 Å². The average molecular weight is 398 g/mol. The molecule has 1 aromatic heterocycles. The lowest BCUT2D eigenvalue weighted by atomic mass is 10.2. The molecular formula is C21H23N3O3S. The maximum atomic E-state index is 13.0. The summed E-state index contributed by atoms with van der Waals surface area (Å²) < 4.78 is 6.94. The zero-order chi connectivity index (χ0) is 20.1. The SMILES string of the molecule is CC[C@H](C)n1c(SCC(=O)Nc2ccccc2OC)nc2ccccc2c1=O. The van der Waals surface area contributed by atoms with Crippen molar-refractivity contribution in [2.45, 2.75) is 31.5 Å². The number of amides is 1. The molecule has 1 atom stereocenters. The fourth-order valence-electron chi connectivity index (χ4n) is 2.86. The van der Waals surface area contributed by atoms with Gasteiger partial charge in [-0.1, -0.05) is 43.0 Å². The number of ether oxygens (including phenoxy) is 1. The van der Waals surface area contributed by atoms with Crippen molar-refractivity contribution < 1.29 is 9.53 Å². The van der Waals surface area contributed by atoms with E-state index in [2.05, 4.69) is 10.3 Å². The van der Waals surface area contributed by atoms with Crippen LogP contribution in [0.4, 0.5) is 5.69 Å². The fraction of sp³-hybridized carbons (Fsp3) is 0.286. The van der Waals surface area contributed by atoms with E-state index < -0.39 is 0 Å². The van der Waals surface area contributed by atoms with Crippen molar-refractivity contribution in [1.82, 2.24) is 9.55 Å². The number of nitrogens with one attached hydrogen (secondary N) is 1. The maximum Gasteiger partial charge on any atom is 0.262 e. The Balaban J connectivity index is 1.85. The molecule has 0 aliphatic carbocycles. The predicted molar refractivity (Wildman–Crippen MR) is 113 cm³/mol. The van der Waals surface area contributed by atoms with Crippen LogP contribution in [0.5, 0.6) is 5.75 Å². The number of benzene rings is 2. The van der Waals surface area contributed by atoms with E-state index in [1.807, 2.05) is 44.2 Å². The van der Waals surface area contributed by atoms with Crippen molar-refractivity contribution >= 4 is 34.3 Å². The number of rotatable bonds is 7. The number of nitrogens with zero attached hydrogens (tertiary/aromatic N) is 2. The number of carbonyl (C=O) groups is 1. The van der Waals surface area contributed by atoms with E-state index in [4.69, 9.17) is 4.74 Å². The normalized spacial score (nSPS) is 12.0. The van der Waals surface area contributed by atoms with E-state index in [-0.39, 0.29) is 23.3 Å². The van der Waals surface area contributed by atoms with Crippen LogP contribution in [0, 0.1) is 0 Å². The van der Waals surface area contributed by atoms with Crippen LogP contribution >= 0.6 is 11.8 Å². The molecule has 0 saturated carbocycles. The van der Waals surface area contributed by atoms with E-state index in [9.17, 15) is 9.59 Å². The lowest BCUT2D eigenvalue weighted by molar-refractivity contribution is -0.113. The van der Waals surface area contributed by atoms with Gasteiger partial charge in [0.05, 0.1) is 29.5 Å². The number of para-hydroxylation sites is 3. The quantitative estimate of drug-likeness (QED) is 0.480. The molecule has 0 aliphatic rings. The molecule has 3 rings (SSSR count). The molecule has 1 amide bonds. The van der Waals surface area contributed by atoms with Gasteiger partial charge in [0, 0.05) is 6.04 Å². The average Bonchev–Trinajstić information content (AvgIpc) is 2.72. The van der Waals surface area contributed by atoms with Crippen molar-refractivity contribution in [3.63, 3.8) is 0 Å². The second-order valence-electron chi connectivity index (χ2n) is 6.38. The van der Waals surface area contributed by atoms with Gasteiger partial charge in [0.2, 0.25) is 5.91 Å². The fourth-order valence-corrected chi connectivity index (χ4v) is 3.76. The van der Waals surface area contributed by atoms with Crippen LogP contribution in [0.1, 0.15) is 26.3 Å². The Labute approximate surface area is 167 Å². The van der Waals surface area contributed by atoms with Crippen molar-refractivity contribution in [2.24, 2.45) is 0 Å². The van der Waals surface area contributed by atoms with Crippen molar-refractivity contribution in [1.29, 1.82) is 0 Å². The Hall–Kier alpha value is -2.80. The minimum atomic E-state index is -0.187. The van der Waals surface area contributed by atoms with Crippen LogP contribution < -0.4 is 15.6 Å². The Kier molecular flexibility index (Phi) is 6.36. The Morgan fingerprint density at radius 1 is 1.21 bits per heavy atom. The summed E-state index contributed by atoms with van der Waals surface area (Å²) in [6.45, 7) is 4.01. The molecule has 0 aliphatic heterocycles. The number of hydrogen-bond acceptors (Lipinski definition) is 5. The third kappa shape index (κ3) is 4.20. The van der Waals surface area contributed by atoms with E-state index in [1.54, 1.807) is 29.9 Å². The topological polar surface area (TPSA) is 73.2 Å². The molecule has 1 heterocycles. The third-order valence-electron chi connectivity index (χ3n) is 4.52. The van der Waals surface area contributed by atoms with Crippen LogP contribution in [0.15, 0.2) is 58.5 Å². The molecule has 7 heteroatoms. The van der Waals surface area contributed by atoms with Gasteiger partial charge in [0.25, 0.3) is 5.56 Å². The second kappa shape index (κ2) is 8.93. The highest BCUT2D eigenvalue weighted by atomic mass is 32.2. The Morgan fingerprint density at radius 3 is 2.68 bits per heavy atom. The molecule has 2 aromatic carbocycles. The van der Waals surface area contributed by atoms with Crippen LogP contribution in [-0.2, 0) is 4.79 Å². The Bertz CT molecular complexity index is 1050. The molecule has 0 saturated heterocycles. The number of fused-ring (bicyclic) bond motifs is 1. The molecule has 0 spiro atoms. The minimum Gasteiger partial charge on any atom is -0.495 e. The molecule has 0 unspecified atom stereocenters. The van der Waals surface area contributed by atoms with Gasteiger partial charge in [0.1, 0.15) is 5.75 Å². The molecule has 6 nitrogen and oxygen atoms in total. The van der Waals surface area contributed by atoms with Gasteiger partial charge in [-0.15, -0.1) is 0 Å². The zero-order valence-electron chi connectivity index (χ0n) is 16.1. The highest BCUT2D eigenvalue weighted by Crippen LogP contribution is 2.25. The molecule has 1 N–H and O–H groups in total. The van der Waals surface area contributed by atoms with E-state index in [0.717, 1.165) is 6.42 Å². The van der Waals surface area contributed by atoms with Gasteiger partial charge >= 0.3 is 0 Å². The van der Waals surface area contributed by atoms with Gasteiger partial charge in [-0.3, -0.25) is 14.2 Å². The summed E-state index contributed by atoms with van der Waals surface area (Å²) >= 11 is 1.26. The second-order valence-corrected chi connectivity index (χ2v) is 7.32. The smallest absolute Gasteiger partial charge is 0.262 e. The number of hydrogen-bond donors (Lipinski definition) is 1. The maximum absolute atomic E-state index is 13.0. The van der Waals surface area contributed by atoms with Crippen molar-refractivity contribution in [2.75, 3.05) is 18.2 Å². The highest BCUT2D eigenvalue weighted by Gasteiger charge is 2.17. The summed E-state index contributed by atoms with van der Waals surface area (Å²) in [4.78, 5) is 30.1. The predicted octanol–water partition coefficient (Wildman–Crippen LogP) is 4.11. The first kappa shape index (κ1) is 19.9. The van der Waals surface area contributed by atoms with E-state index in [1.165, 1.54) is 11.8 Å². The molecular weight excluding hydrogens is 374 g/mol. The molecule has 146 valence electrons. The number of carbonyl (C=O) groups excluding carboxylic acids is 1. The molecule has 0 radical (unpaired) electrons. The lowest BCUT2D eigenvalue weighted by Gasteiger charge is -2.18. The number of anilines is 1. The van der Waals surface area contributed by atoms with Gasteiger partial charge in [-0.05, 0) is 37.6 Å². The van der Waals surface area contributed by atoms with Gasteiger partial charge < -0.3 is 10.1 Å². The summed E-state index contributed by atoms with van der Waals surface area (Å²) in [5, 5.41) is 3.98. The monoisotopic (exact) mass is 397 g/mol. The molecule has 3 aromatic rings. The number of thioether (sulfide) groups is 1. The van der Waals surface area contributed by atoms with Crippen LogP contribution in [-0.4, -0.2) is 28.3 Å². The summed E-state index contributed by atoms with van der Waals surface area (Å²) in [6.07, 6.45) is 0.793. The van der Waals surface area contributed by atoms with Crippen molar-refractivity contribution in [3.05, 3.63) is 58.9 Å². The van der Waals surface area contributed by atoms with Crippen LogP contribution in [0.25, 0.3) is 10.9 Å². The highest BCUT2D eigenvalue weighted by molar-refractivity contribution is 7.99. The summed E-state index contributed by atoms with van der Waals surface area (Å²) in [6, 6.07) is 14.5. The van der Waals surface area contributed by atoms with Crippen LogP contribution in [0.3, 0.4) is 0 Å². The molecule has 0 bridgehead atoms. The largest absolute Gasteiger partial charge is 0.495 e. The standard InChI is InChI=1S/C21H23N3O3S/c1-4-14(2)24-20(26)15-9-5-6-10-16(15)23-21(24)28-13-19(25)22-17-11-7-8-12-18(17)27-3/h5-12,14H,4,13H2,1-3H3,(H,22,25)/t14-/m0/s1. The van der Waals surface area contributed by atoms with Gasteiger partial charge in [0.15, 0.2) is 5.16 Å². The number of methoxy groups -OCH3 is 1. The first-order valence-electron chi connectivity index (χ1n) is 9.12. The van der Waals surface area contributed by atoms with Crippen LogP contribution in [0.2, 0.25) is 0 Å². The lowest BCUT2D eigenvalue weighted by Crippen LogP contribution is -2.26. The first-order valence-corrected chi connectivity index (χ1v) is 10.1. The zero-order valence-corrected chi connectivity index (χ0v) is 17.0. The van der Waals surface area contributed by atoms with Crippen molar-refractivity contribution in [3.8, 4) is 5.75 Å². The summed E-state index contributed by atoms with van der Waals surface area (Å²) in [7, 11) is 1.56. The minimum absolute atomic E-state index is 0.00983. The molecule has 0 fully saturated rings. The third-order valence-corrected chi connectivity index (χ3v) is 5.47. The summed E-state index contributed by atoms with van der Waals surface area (Å²) in [5.74, 6) is 0.549. The van der Waals surface area contributed by atoms with E-state index in [0.29, 0.717) is 27.5 Å². The summed E-state index contributed by atoms with van der Waals surface area (Å²) in [5.41, 5.74) is 1.17. The molecule has 28 heavy (non-hydrogen) atoms. The number of aromatic nitrogens is 2. The van der Waals surface area contributed by atoms with Gasteiger partial charge in [-0.25, -0.2) is 4.98 Å².